The number of halogens is 2. The van der Waals surface area contributed by atoms with E-state index in [1.54, 1.807) is 42.3 Å². The molecule has 2 N–H and O–H groups in total. The standard InChI is InChI=1S/C25H22F2N8O2/c1-14(36)33(3)35(13-16-8-9-34(31-16)17-6-4-15(26)5-7-17)25(37)18-10-19-22(11-21(18)27)30-24(28)20-12-29-32(2)23(19)20/h4-12H,13H2,1-3H3,(H2,28,30). The predicted octanol–water partition coefficient (Wildman–Crippen LogP) is 3.20. The van der Waals surface area contributed by atoms with Gasteiger partial charge in [-0.2, -0.15) is 10.2 Å². The second kappa shape index (κ2) is 8.97. The van der Waals surface area contributed by atoms with Crippen LogP contribution in [-0.4, -0.2) is 53.4 Å². The van der Waals surface area contributed by atoms with E-state index in [2.05, 4.69) is 15.2 Å². The molecule has 37 heavy (non-hydrogen) atoms. The molecule has 0 radical (unpaired) electrons. The molecule has 188 valence electrons. The zero-order valence-corrected chi connectivity index (χ0v) is 20.2. The Kier molecular flexibility index (Phi) is 5.78. The van der Waals surface area contributed by atoms with Crippen molar-refractivity contribution in [3.8, 4) is 5.69 Å². The predicted molar refractivity (Wildman–Crippen MR) is 132 cm³/mol. The third-order valence-electron chi connectivity index (χ3n) is 6.13. The fraction of sp³-hybridized carbons (Fsp3) is 0.160. The van der Waals surface area contributed by atoms with Crippen molar-refractivity contribution in [2.45, 2.75) is 13.5 Å². The molecule has 0 saturated carbocycles. The van der Waals surface area contributed by atoms with Gasteiger partial charge in [-0.05, 0) is 36.4 Å². The van der Waals surface area contributed by atoms with Gasteiger partial charge in [0.25, 0.3) is 5.91 Å². The van der Waals surface area contributed by atoms with Crippen LogP contribution in [0, 0.1) is 11.6 Å². The number of nitrogens with zero attached hydrogens (tertiary/aromatic N) is 7. The highest BCUT2D eigenvalue weighted by molar-refractivity contribution is 6.10. The molecule has 10 nitrogen and oxygen atoms in total. The number of nitrogen functional groups attached to an aromatic ring is 1. The number of anilines is 1. The van der Waals surface area contributed by atoms with E-state index in [-0.39, 0.29) is 29.3 Å². The number of hydrazine groups is 1. The maximum atomic E-state index is 15.2. The van der Waals surface area contributed by atoms with Crippen LogP contribution in [0.5, 0.6) is 0 Å². The second-order valence-electron chi connectivity index (χ2n) is 8.51. The number of nitrogens with two attached hydrogens (primary N) is 1. The van der Waals surface area contributed by atoms with Gasteiger partial charge in [-0.15, -0.1) is 0 Å². The molecule has 0 spiro atoms. The lowest BCUT2D eigenvalue weighted by Crippen LogP contribution is -2.46. The topological polar surface area (TPSA) is 115 Å². The highest BCUT2D eigenvalue weighted by Gasteiger charge is 2.27. The normalized spacial score (nSPS) is 11.3. The summed E-state index contributed by atoms with van der Waals surface area (Å²) in [4.78, 5) is 30.1. The van der Waals surface area contributed by atoms with E-state index in [4.69, 9.17) is 5.73 Å². The molecule has 0 aliphatic carbocycles. The minimum absolute atomic E-state index is 0.123. The Hall–Kier alpha value is -4.87. The number of amides is 2. The number of hydrogen-bond donors (Lipinski definition) is 1. The molecule has 3 heterocycles. The molecule has 0 saturated heterocycles. The SMILES string of the molecule is CC(=O)N(C)N(Cc1ccn(-c2ccc(F)cc2)n1)C(=O)c1cc2c(cc1F)nc(N)c1cnn(C)c12. The lowest BCUT2D eigenvalue weighted by atomic mass is 10.1. The highest BCUT2D eigenvalue weighted by Crippen LogP contribution is 2.30. The number of benzene rings is 2. The molecule has 0 fully saturated rings. The molecule has 0 bridgehead atoms. The molecule has 0 aliphatic rings. The van der Waals surface area contributed by atoms with E-state index in [0.29, 0.717) is 27.7 Å². The highest BCUT2D eigenvalue weighted by atomic mass is 19.1. The first-order valence-electron chi connectivity index (χ1n) is 11.2. The van der Waals surface area contributed by atoms with Crippen LogP contribution in [0.3, 0.4) is 0 Å². The Balaban J connectivity index is 1.55. The van der Waals surface area contributed by atoms with Crippen molar-refractivity contribution in [2.75, 3.05) is 12.8 Å². The number of aryl methyl sites for hydroxylation is 1. The Morgan fingerprint density at radius 1 is 1.08 bits per heavy atom. The van der Waals surface area contributed by atoms with Gasteiger partial charge in [0, 0.05) is 38.7 Å². The molecule has 0 aliphatic heterocycles. The number of carbonyl (C=O) groups excluding carboxylic acids is 2. The molecule has 0 unspecified atom stereocenters. The lowest BCUT2D eigenvalue weighted by Gasteiger charge is -2.30. The van der Waals surface area contributed by atoms with Crippen molar-refractivity contribution >= 4 is 39.4 Å². The minimum Gasteiger partial charge on any atom is -0.383 e. The van der Waals surface area contributed by atoms with E-state index in [0.717, 1.165) is 16.1 Å². The first-order chi connectivity index (χ1) is 17.6. The third kappa shape index (κ3) is 4.22. The fourth-order valence-corrected chi connectivity index (χ4v) is 4.10. The quantitative estimate of drug-likeness (QED) is 0.376. The van der Waals surface area contributed by atoms with Crippen molar-refractivity contribution in [1.82, 2.24) is 34.6 Å². The van der Waals surface area contributed by atoms with Crippen LogP contribution in [0.15, 0.2) is 54.9 Å². The average Bonchev–Trinajstić information content (AvgIpc) is 3.49. The molecular formula is C25H22F2N8O2. The Morgan fingerprint density at radius 3 is 2.51 bits per heavy atom. The minimum atomic E-state index is -0.815. The van der Waals surface area contributed by atoms with Gasteiger partial charge < -0.3 is 5.73 Å². The van der Waals surface area contributed by atoms with Crippen LogP contribution < -0.4 is 5.73 Å². The average molecular weight is 505 g/mol. The monoisotopic (exact) mass is 504 g/mol. The molecular weight excluding hydrogens is 482 g/mol. The van der Waals surface area contributed by atoms with Gasteiger partial charge >= 0.3 is 0 Å². The van der Waals surface area contributed by atoms with Crippen molar-refractivity contribution in [3.05, 3.63) is 77.8 Å². The fourth-order valence-electron chi connectivity index (χ4n) is 4.10. The van der Waals surface area contributed by atoms with E-state index in [1.807, 2.05) is 0 Å². The molecule has 5 rings (SSSR count). The number of pyridine rings is 1. The Morgan fingerprint density at radius 2 is 1.81 bits per heavy atom. The van der Waals surface area contributed by atoms with Crippen LogP contribution >= 0.6 is 0 Å². The molecule has 0 atom stereocenters. The van der Waals surface area contributed by atoms with Crippen molar-refractivity contribution in [1.29, 1.82) is 0 Å². The largest absolute Gasteiger partial charge is 0.383 e. The summed E-state index contributed by atoms with van der Waals surface area (Å²) in [7, 11) is 3.12. The zero-order valence-electron chi connectivity index (χ0n) is 20.2. The van der Waals surface area contributed by atoms with Crippen molar-refractivity contribution in [3.63, 3.8) is 0 Å². The molecule has 5 aromatic rings. The second-order valence-corrected chi connectivity index (χ2v) is 8.51. The summed E-state index contributed by atoms with van der Waals surface area (Å²) in [5.74, 6) is -2.18. The number of rotatable bonds is 4. The number of carbonyl (C=O) groups is 2. The van der Waals surface area contributed by atoms with E-state index < -0.39 is 17.6 Å². The van der Waals surface area contributed by atoms with Crippen LogP contribution in [0.2, 0.25) is 0 Å². The van der Waals surface area contributed by atoms with Crippen LogP contribution in [0.25, 0.3) is 27.5 Å². The molecule has 12 heteroatoms. The van der Waals surface area contributed by atoms with Crippen molar-refractivity contribution < 1.29 is 18.4 Å². The lowest BCUT2D eigenvalue weighted by molar-refractivity contribution is -0.140. The number of fused-ring (bicyclic) bond motifs is 3. The van der Waals surface area contributed by atoms with Gasteiger partial charge in [0.1, 0.15) is 17.5 Å². The van der Waals surface area contributed by atoms with E-state index >= 15 is 4.39 Å². The smallest absolute Gasteiger partial charge is 0.275 e. The van der Waals surface area contributed by atoms with Gasteiger partial charge in [0.2, 0.25) is 5.91 Å². The van der Waals surface area contributed by atoms with Crippen molar-refractivity contribution in [2.24, 2.45) is 7.05 Å². The summed E-state index contributed by atoms with van der Waals surface area (Å²) in [6.45, 7) is 1.17. The summed E-state index contributed by atoms with van der Waals surface area (Å²) >= 11 is 0. The Labute approximate surface area is 209 Å². The summed E-state index contributed by atoms with van der Waals surface area (Å²) in [6, 6.07) is 9.91. The summed E-state index contributed by atoms with van der Waals surface area (Å²) < 4.78 is 31.6. The van der Waals surface area contributed by atoms with E-state index in [1.165, 1.54) is 36.9 Å². The van der Waals surface area contributed by atoms with Gasteiger partial charge in [-0.25, -0.2) is 23.5 Å². The molecule has 2 amide bonds. The maximum absolute atomic E-state index is 15.2. The van der Waals surface area contributed by atoms with Gasteiger partial charge in [-0.3, -0.25) is 19.3 Å². The van der Waals surface area contributed by atoms with Gasteiger partial charge in [0.05, 0.1) is 46.1 Å². The summed E-state index contributed by atoms with van der Waals surface area (Å²) in [6.07, 6.45) is 3.19. The van der Waals surface area contributed by atoms with Gasteiger partial charge in [-0.1, -0.05) is 0 Å². The zero-order chi connectivity index (χ0) is 26.4. The first-order valence-corrected chi connectivity index (χ1v) is 11.2. The molecule has 2 aromatic carbocycles. The first kappa shape index (κ1) is 23.9. The number of aromatic nitrogens is 5. The number of hydrogen-bond acceptors (Lipinski definition) is 6. The van der Waals surface area contributed by atoms with E-state index in [9.17, 15) is 14.0 Å². The Bertz CT molecular complexity index is 1680. The van der Waals surface area contributed by atoms with Crippen LogP contribution in [0.4, 0.5) is 14.6 Å². The molecule has 3 aromatic heterocycles. The van der Waals surface area contributed by atoms with Gasteiger partial charge in [0.15, 0.2) is 0 Å². The summed E-state index contributed by atoms with van der Waals surface area (Å²) in [5, 5.41) is 11.9. The van der Waals surface area contributed by atoms with Crippen LogP contribution in [-0.2, 0) is 18.4 Å². The maximum Gasteiger partial charge on any atom is 0.275 e. The summed E-state index contributed by atoms with van der Waals surface area (Å²) in [5.41, 5.74) is 7.66. The van der Waals surface area contributed by atoms with Crippen LogP contribution in [0.1, 0.15) is 23.0 Å². The third-order valence-corrected chi connectivity index (χ3v) is 6.13.